The van der Waals surface area contributed by atoms with Gasteiger partial charge in [0.1, 0.15) is 0 Å². The molecule has 1 saturated carbocycles. The number of hydrogen-bond donors (Lipinski definition) is 1. The van der Waals surface area contributed by atoms with Crippen LogP contribution in [0.2, 0.25) is 0 Å². The molecule has 1 N–H and O–H groups in total. The van der Waals surface area contributed by atoms with Gasteiger partial charge in [-0.05, 0) is 38.1 Å². The fraction of sp³-hybridized carbons (Fsp3) is 0.938. The Morgan fingerprint density at radius 2 is 2.05 bits per heavy atom. The van der Waals surface area contributed by atoms with Gasteiger partial charge in [-0.25, -0.2) is 0 Å². The molecule has 2 rings (SSSR count). The summed E-state index contributed by atoms with van der Waals surface area (Å²) in [6.07, 6.45) is 11.0. The topological polar surface area (TPSA) is 32.3 Å². The average molecular weight is 266 g/mol. The summed E-state index contributed by atoms with van der Waals surface area (Å²) in [7, 11) is 0. The maximum atomic E-state index is 12.4. The van der Waals surface area contributed by atoms with Crippen LogP contribution in [0.5, 0.6) is 0 Å². The molecule has 2 fully saturated rings. The van der Waals surface area contributed by atoms with E-state index in [0.29, 0.717) is 11.9 Å². The zero-order valence-electron chi connectivity index (χ0n) is 12.5. The molecule has 1 heterocycles. The smallest absolute Gasteiger partial charge is 0.222 e. The van der Waals surface area contributed by atoms with E-state index in [1.54, 1.807) is 0 Å². The first kappa shape index (κ1) is 14.8. The summed E-state index contributed by atoms with van der Waals surface area (Å²) in [6, 6.07) is 0.457. The van der Waals surface area contributed by atoms with E-state index >= 15 is 0 Å². The quantitative estimate of drug-likeness (QED) is 0.768. The Morgan fingerprint density at radius 3 is 2.68 bits per heavy atom. The fourth-order valence-corrected chi connectivity index (χ4v) is 3.64. The van der Waals surface area contributed by atoms with Gasteiger partial charge in [0, 0.05) is 25.6 Å². The average Bonchev–Trinajstić information content (AvgIpc) is 3.08. The number of rotatable bonds is 7. The van der Waals surface area contributed by atoms with E-state index in [9.17, 15) is 4.79 Å². The predicted octanol–water partition coefficient (Wildman–Crippen LogP) is 2.95. The third kappa shape index (κ3) is 4.48. The number of amides is 1. The van der Waals surface area contributed by atoms with Crippen molar-refractivity contribution in [1.82, 2.24) is 10.2 Å². The van der Waals surface area contributed by atoms with Crippen molar-refractivity contribution < 1.29 is 4.79 Å². The molecule has 1 unspecified atom stereocenters. The highest BCUT2D eigenvalue weighted by Crippen LogP contribution is 2.29. The van der Waals surface area contributed by atoms with Crippen LogP contribution in [0, 0.1) is 5.92 Å². The van der Waals surface area contributed by atoms with Gasteiger partial charge in [-0.3, -0.25) is 4.79 Å². The summed E-state index contributed by atoms with van der Waals surface area (Å²) in [5.41, 5.74) is 0. The molecule has 1 amide bonds. The second-order valence-corrected chi connectivity index (χ2v) is 6.28. The van der Waals surface area contributed by atoms with Crippen molar-refractivity contribution in [1.29, 1.82) is 0 Å². The molecule has 0 radical (unpaired) electrons. The van der Waals surface area contributed by atoms with Gasteiger partial charge in [-0.2, -0.15) is 0 Å². The Labute approximate surface area is 118 Å². The third-order valence-electron chi connectivity index (χ3n) is 4.74. The minimum atomic E-state index is 0.397. The number of carbonyl (C=O) groups is 1. The summed E-state index contributed by atoms with van der Waals surface area (Å²) in [5, 5.41) is 3.37. The van der Waals surface area contributed by atoms with Crippen molar-refractivity contribution in [2.45, 2.75) is 70.8 Å². The van der Waals surface area contributed by atoms with Crippen LogP contribution in [0.25, 0.3) is 0 Å². The van der Waals surface area contributed by atoms with Gasteiger partial charge in [-0.1, -0.05) is 32.6 Å². The molecular formula is C16H30N2O. The highest BCUT2D eigenvalue weighted by molar-refractivity contribution is 5.76. The summed E-state index contributed by atoms with van der Waals surface area (Å²) >= 11 is 0. The molecule has 2 aliphatic rings. The zero-order valence-corrected chi connectivity index (χ0v) is 12.5. The Kier molecular flexibility index (Phi) is 6.15. The number of nitrogens with zero attached hydrogens (tertiary/aromatic N) is 1. The molecule has 3 heteroatoms. The normalized spacial score (nSPS) is 23.9. The van der Waals surface area contributed by atoms with Gasteiger partial charge in [0.05, 0.1) is 0 Å². The van der Waals surface area contributed by atoms with Crippen LogP contribution < -0.4 is 5.32 Å². The summed E-state index contributed by atoms with van der Waals surface area (Å²) in [4.78, 5) is 14.5. The largest absolute Gasteiger partial charge is 0.338 e. The Hall–Kier alpha value is -0.570. The van der Waals surface area contributed by atoms with Crippen molar-refractivity contribution in [3.05, 3.63) is 0 Å². The minimum absolute atomic E-state index is 0.397. The first-order valence-electron chi connectivity index (χ1n) is 8.31. The maximum absolute atomic E-state index is 12.4. The fourth-order valence-electron chi connectivity index (χ4n) is 3.64. The van der Waals surface area contributed by atoms with Crippen LogP contribution in [0.1, 0.15) is 64.7 Å². The Balaban J connectivity index is 1.71. The van der Waals surface area contributed by atoms with Gasteiger partial charge in [0.25, 0.3) is 0 Å². The summed E-state index contributed by atoms with van der Waals surface area (Å²) < 4.78 is 0. The van der Waals surface area contributed by atoms with E-state index in [4.69, 9.17) is 0 Å². The molecule has 0 bridgehead atoms. The molecule has 110 valence electrons. The van der Waals surface area contributed by atoms with Crippen LogP contribution in [-0.4, -0.2) is 36.5 Å². The molecule has 1 aliphatic carbocycles. The van der Waals surface area contributed by atoms with Crippen molar-refractivity contribution in [3.8, 4) is 0 Å². The van der Waals surface area contributed by atoms with Crippen LogP contribution in [0.15, 0.2) is 0 Å². The third-order valence-corrected chi connectivity index (χ3v) is 4.74. The number of carbonyl (C=O) groups excluding carboxylic acids is 1. The Bertz CT molecular complexity index is 268. The molecule has 0 spiro atoms. The summed E-state index contributed by atoms with van der Waals surface area (Å²) in [5.74, 6) is 1.31. The van der Waals surface area contributed by atoms with Crippen LogP contribution in [-0.2, 0) is 4.79 Å². The van der Waals surface area contributed by atoms with Crippen LogP contribution >= 0.6 is 0 Å². The van der Waals surface area contributed by atoms with Crippen molar-refractivity contribution >= 4 is 5.91 Å². The maximum Gasteiger partial charge on any atom is 0.222 e. The molecule has 3 nitrogen and oxygen atoms in total. The SMILES string of the molecule is CCCN(C(=O)CCCC1CCCC1)C1CCNC1. The van der Waals surface area contributed by atoms with E-state index in [-0.39, 0.29) is 0 Å². The summed E-state index contributed by atoms with van der Waals surface area (Å²) in [6.45, 7) is 5.17. The molecule has 0 aromatic heterocycles. The number of hydrogen-bond acceptors (Lipinski definition) is 2. The van der Waals surface area contributed by atoms with Gasteiger partial charge in [0.2, 0.25) is 5.91 Å². The molecule has 19 heavy (non-hydrogen) atoms. The lowest BCUT2D eigenvalue weighted by Gasteiger charge is -2.28. The van der Waals surface area contributed by atoms with E-state index in [1.807, 2.05) is 0 Å². The van der Waals surface area contributed by atoms with E-state index in [0.717, 1.165) is 51.2 Å². The molecule has 1 aliphatic heterocycles. The first-order valence-corrected chi connectivity index (χ1v) is 8.31. The second-order valence-electron chi connectivity index (χ2n) is 6.28. The Morgan fingerprint density at radius 1 is 1.26 bits per heavy atom. The lowest BCUT2D eigenvalue weighted by Crippen LogP contribution is -2.42. The van der Waals surface area contributed by atoms with E-state index in [2.05, 4.69) is 17.1 Å². The monoisotopic (exact) mass is 266 g/mol. The number of nitrogens with one attached hydrogen (secondary N) is 1. The van der Waals surface area contributed by atoms with Gasteiger partial charge < -0.3 is 10.2 Å². The van der Waals surface area contributed by atoms with Crippen molar-refractivity contribution in [3.63, 3.8) is 0 Å². The first-order chi connectivity index (χ1) is 9.31. The molecule has 0 aromatic carbocycles. The zero-order chi connectivity index (χ0) is 13.5. The van der Waals surface area contributed by atoms with Crippen LogP contribution in [0.3, 0.4) is 0 Å². The lowest BCUT2D eigenvalue weighted by molar-refractivity contribution is -0.133. The van der Waals surface area contributed by atoms with Gasteiger partial charge in [-0.15, -0.1) is 0 Å². The molecule has 1 saturated heterocycles. The van der Waals surface area contributed by atoms with Crippen molar-refractivity contribution in [2.75, 3.05) is 19.6 Å². The standard InChI is InChI=1S/C16H30N2O/c1-2-12-18(15-10-11-17-13-15)16(19)9-5-8-14-6-3-4-7-14/h14-15,17H,2-13H2,1H3. The van der Waals surface area contributed by atoms with Gasteiger partial charge in [0.15, 0.2) is 0 Å². The second kappa shape index (κ2) is 7.88. The highest BCUT2D eigenvalue weighted by Gasteiger charge is 2.25. The van der Waals surface area contributed by atoms with Crippen LogP contribution in [0.4, 0.5) is 0 Å². The highest BCUT2D eigenvalue weighted by atomic mass is 16.2. The van der Waals surface area contributed by atoms with Crippen molar-refractivity contribution in [2.24, 2.45) is 5.92 Å². The minimum Gasteiger partial charge on any atom is -0.338 e. The molecular weight excluding hydrogens is 236 g/mol. The lowest BCUT2D eigenvalue weighted by atomic mass is 10.00. The molecule has 1 atom stereocenters. The van der Waals surface area contributed by atoms with E-state index < -0.39 is 0 Å². The predicted molar refractivity (Wildman–Crippen MR) is 79.1 cm³/mol. The van der Waals surface area contributed by atoms with E-state index in [1.165, 1.54) is 32.1 Å². The molecule has 0 aromatic rings. The van der Waals surface area contributed by atoms with Gasteiger partial charge >= 0.3 is 0 Å².